The molecule has 2 aromatic carbocycles. The lowest BCUT2D eigenvalue weighted by Crippen LogP contribution is -2.29. The van der Waals surface area contributed by atoms with Crippen molar-refractivity contribution in [3.05, 3.63) is 66.0 Å². The molecular formula is C22H24N4O. The van der Waals surface area contributed by atoms with Crippen LogP contribution in [0.5, 0.6) is 0 Å². The summed E-state index contributed by atoms with van der Waals surface area (Å²) in [5, 5.41) is 3.85. The zero-order chi connectivity index (χ0) is 19.4. The van der Waals surface area contributed by atoms with Crippen molar-refractivity contribution in [2.75, 3.05) is 12.3 Å². The number of carbonyl (C=O) groups excluding carboxylic acids is 1. The van der Waals surface area contributed by atoms with E-state index in [4.69, 9.17) is 11.5 Å². The van der Waals surface area contributed by atoms with Gasteiger partial charge in [-0.15, -0.1) is 0 Å². The van der Waals surface area contributed by atoms with Gasteiger partial charge in [0.25, 0.3) is 5.91 Å². The first-order chi connectivity index (χ1) is 13.0. The minimum absolute atomic E-state index is 0.190. The predicted octanol–water partition coefficient (Wildman–Crippen LogP) is 3.70. The number of allylic oxidation sites excluding steroid dienone is 1. The van der Waals surface area contributed by atoms with Crippen molar-refractivity contribution < 1.29 is 4.79 Å². The van der Waals surface area contributed by atoms with Crippen molar-refractivity contribution in [1.82, 2.24) is 10.3 Å². The van der Waals surface area contributed by atoms with Gasteiger partial charge < -0.3 is 16.8 Å². The highest BCUT2D eigenvalue weighted by molar-refractivity contribution is 6.02. The van der Waals surface area contributed by atoms with Crippen LogP contribution in [0.3, 0.4) is 0 Å². The van der Waals surface area contributed by atoms with E-state index in [1.807, 2.05) is 56.3 Å². The van der Waals surface area contributed by atoms with Crippen molar-refractivity contribution in [1.29, 1.82) is 0 Å². The summed E-state index contributed by atoms with van der Waals surface area (Å²) in [4.78, 5) is 16.5. The zero-order valence-electron chi connectivity index (χ0n) is 15.6. The van der Waals surface area contributed by atoms with Gasteiger partial charge in [0.2, 0.25) is 0 Å². The van der Waals surface area contributed by atoms with Crippen molar-refractivity contribution in [3.8, 4) is 11.1 Å². The van der Waals surface area contributed by atoms with Gasteiger partial charge in [-0.3, -0.25) is 9.78 Å². The van der Waals surface area contributed by atoms with Crippen molar-refractivity contribution in [2.45, 2.75) is 20.3 Å². The molecule has 0 atom stereocenters. The Balaban J connectivity index is 2.03. The summed E-state index contributed by atoms with van der Waals surface area (Å²) in [5.74, 6) is -0.268. The second-order valence-corrected chi connectivity index (χ2v) is 6.47. The largest absolute Gasteiger partial charge is 0.398 e. The fraction of sp³-hybridized carbons (Fsp3) is 0.182. The Morgan fingerprint density at radius 1 is 1.15 bits per heavy atom. The molecule has 5 N–H and O–H groups in total. The lowest BCUT2D eigenvalue weighted by Gasteiger charge is -2.14. The van der Waals surface area contributed by atoms with Gasteiger partial charge in [-0.2, -0.15) is 0 Å². The maximum absolute atomic E-state index is 12.2. The third kappa shape index (κ3) is 3.77. The van der Waals surface area contributed by atoms with Gasteiger partial charge in [0, 0.05) is 34.9 Å². The molecule has 0 spiro atoms. The number of hydrogen-bond acceptors (Lipinski definition) is 4. The Morgan fingerprint density at radius 3 is 2.74 bits per heavy atom. The second-order valence-electron chi connectivity index (χ2n) is 6.47. The lowest BCUT2D eigenvalue weighted by atomic mass is 9.95. The van der Waals surface area contributed by atoms with Gasteiger partial charge in [-0.25, -0.2) is 0 Å². The Labute approximate surface area is 159 Å². The third-order valence-electron chi connectivity index (χ3n) is 4.61. The maximum atomic E-state index is 12.2. The molecule has 0 aliphatic carbocycles. The molecule has 5 nitrogen and oxygen atoms in total. The van der Waals surface area contributed by atoms with E-state index in [2.05, 4.69) is 16.4 Å². The fourth-order valence-electron chi connectivity index (χ4n) is 3.04. The molecule has 1 aromatic heterocycles. The first-order valence-electron chi connectivity index (χ1n) is 9.01. The van der Waals surface area contributed by atoms with Gasteiger partial charge in [0.1, 0.15) is 5.70 Å². The number of carbonyl (C=O) groups is 1. The van der Waals surface area contributed by atoms with Crippen molar-refractivity contribution in [3.63, 3.8) is 0 Å². The molecule has 0 bridgehead atoms. The van der Waals surface area contributed by atoms with E-state index < -0.39 is 0 Å². The number of amides is 1. The average molecular weight is 360 g/mol. The highest BCUT2D eigenvalue weighted by Crippen LogP contribution is 2.33. The molecule has 0 saturated carbocycles. The van der Waals surface area contributed by atoms with Gasteiger partial charge in [-0.1, -0.05) is 37.3 Å². The van der Waals surface area contributed by atoms with E-state index >= 15 is 0 Å². The normalized spacial score (nSPS) is 11.9. The van der Waals surface area contributed by atoms with E-state index in [1.54, 1.807) is 6.20 Å². The number of nitrogens with one attached hydrogen (secondary N) is 1. The molecule has 0 radical (unpaired) electrons. The predicted molar refractivity (Wildman–Crippen MR) is 112 cm³/mol. The number of nitrogens with two attached hydrogens (primary N) is 2. The molecule has 0 aliphatic rings. The Morgan fingerprint density at radius 2 is 1.96 bits per heavy atom. The quantitative estimate of drug-likeness (QED) is 0.478. The SMILES string of the molecule is CCCNC(=O)/C(N)=C(\C)c1cccc(-c2ccc3ncccc3c2)c1N. The highest BCUT2D eigenvalue weighted by atomic mass is 16.1. The van der Waals surface area contributed by atoms with Crippen LogP contribution in [0, 0.1) is 0 Å². The van der Waals surface area contributed by atoms with Crippen LogP contribution in [0.25, 0.3) is 27.6 Å². The number of nitrogens with zero attached hydrogens (tertiary/aromatic N) is 1. The number of benzene rings is 2. The molecule has 0 saturated heterocycles. The average Bonchev–Trinajstić information content (AvgIpc) is 2.70. The molecule has 138 valence electrons. The van der Waals surface area contributed by atoms with Crippen LogP contribution in [0.4, 0.5) is 5.69 Å². The topological polar surface area (TPSA) is 94.0 Å². The molecule has 0 aliphatic heterocycles. The summed E-state index contributed by atoms with van der Waals surface area (Å²) in [5.41, 5.74) is 17.6. The summed E-state index contributed by atoms with van der Waals surface area (Å²) in [6.07, 6.45) is 2.63. The van der Waals surface area contributed by atoms with Crippen molar-refractivity contribution >= 4 is 28.1 Å². The summed E-state index contributed by atoms with van der Waals surface area (Å²) in [6.45, 7) is 4.40. The number of nitrogen functional groups attached to an aromatic ring is 1. The standard InChI is InChI=1S/C22H24N4O/c1-3-11-26-22(27)20(23)14(2)17-7-4-8-18(21(17)24)15-9-10-19-16(13-15)6-5-12-25-19/h4-10,12-13H,3,11,23-24H2,1-2H3,(H,26,27)/b20-14-. The van der Waals surface area contributed by atoms with E-state index in [9.17, 15) is 4.79 Å². The number of hydrogen-bond donors (Lipinski definition) is 3. The molecule has 3 aromatic rings. The Bertz CT molecular complexity index is 1020. The Hall–Kier alpha value is -3.34. The lowest BCUT2D eigenvalue weighted by molar-refractivity contribution is -0.117. The zero-order valence-corrected chi connectivity index (χ0v) is 15.6. The molecule has 27 heavy (non-hydrogen) atoms. The first-order valence-corrected chi connectivity index (χ1v) is 9.01. The number of rotatable bonds is 5. The molecule has 1 amide bonds. The second kappa shape index (κ2) is 7.91. The molecule has 0 unspecified atom stereocenters. The molecule has 3 rings (SSSR count). The number of aromatic nitrogens is 1. The van der Waals surface area contributed by atoms with Crippen LogP contribution >= 0.6 is 0 Å². The van der Waals surface area contributed by atoms with Crippen LogP contribution in [-0.2, 0) is 4.79 Å². The maximum Gasteiger partial charge on any atom is 0.267 e. The monoisotopic (exact) mass is 360 g/mol. The summed E-state index contributed by atoms with van der Waals surface area (Å²) >= 11 is 0. The summed E-state index contributed by atoms with van der Waals surface area (Å²) < 4.78 is 0. The number of anilines is 1. The number of pyridine rings is 1. The van der Waals surface area contributed by atoms with E-state index in [1.165, 1.54) is 0 Å². The van der Waals surface area contributed by atoms with E-state index in [0.29, 0.717) is 17.8 Å². The van der Waals surface area contributed by atoms with E-state index in [-0.39, 0.29) is 11.6 Å². The summed E-state index contributed by atoms with van der Waals surface area (Å²) in [6, 6.07) is 15.8. The minimum Gasteiger partial charge on any atom is -0.398 e. The van der Waals surface area contributed by atoms with Crippen LogP contribution in [0.1, 0.15) is 25.8 Å². The van der Waals surface area contributed by atoms with Gasteiger partial charge in [0.05, 0.1) is 5.52 Å². The third-order valence-corrected chi connectivity index (χ3v) is 4.61. The highest BCUT2D eigenvalue weighted by Gasteiger charge is 2.14. The minimum atomic E-state index is -0.268. The smallest absolute Gasteiger partial charge is 0.267 e. The fourth-order valence-corrected chi connectivity index (χ4v) is 3.04. The first kappa shape index (κ1) is 18.5. The number of para-hydroxylation sites is 1. The van der Waals surface area contributed by atoms with Crippen LogP contribution < -0.4 is 16.8 Å². The molecule has 5 heteroatoms. The number of fused-ring (bicyclic) bond motifs is 1. The van der Waals surface area contributed by atoms with Gasteiger partial charge in [0.15, 0.2) is 0 Å². The van der Waals surface area contributed by atoms with Crippen LogP contribution in [0.15, 0.2) is 60.4 Å². The molecule has 0 fully saturated rings. The van der Waals surface area contributed by atoms with Gasteiger partial charge >= 0.3 is 0 Å². The molecule has 1 heterocycles. The van der Waals surface area contributed by atoms with Crippen molar-refractivity contribution in [2.24, 2.45) is 5.73 Å². The van der Waals surface area contributed by atoms with E-state index in [0.717, 1.165) is 34.0 Å². The Kier molecular flexibility index (Phi) is 5.41. The van der Waals surface area contributed by atoms with Crippen LogP contribution in [0.2, 0.25) is 0 Å². The van der Waals surface area contributed by atoms with Gasteiger partial charge in [-0.05, 0) is 42.7 Å². The van der Waals surface area contributed by atoms with Crippen LogP contribution in [-0.4, -0.2) is 17.4 Å². The molecular weight excluding hydrogens is 336 g/mol. The summed E-state index contributed by atoms with van der Waals surface area (Å²) in [7, 11) is 0.